The Balaban J connectivity index is 2.58. The average molecular weight is 246 g/mol. The Morgan fingerprint density at radius 1 is 1.56 bits per heavy atom. The quantitative estimate of drug-likeness (QED) is 0.706. The van der Waals surface area contributed by atoms with E-state index in [0.29, 0.717) is 12.4 Å². The number of sulfonamides is 1. The zero-order valence-electron chi connectivity index (χ0n) is 9.77. The van der Waals surface area contributed by atoms with E-state index in [-0.39, 0.29) is 6.54 Å². The molecule has 0 spiro atoms. The van der Waals surface area contributed by atoms with Crippen LogP contribution in [0.15, 0.2) is 12.4 Å². The average Bonchev–Trinajstić information content (AvgIpc) is 2.61. The molecule has 0 saturated carbocycles. The van der Waals surface area contributed by atoms with Crippen molar-refractivity contribution in [2.24, 2.45) is 7.05 Å². The smallest absolute Gasteiger partial charge is 0.215 e. The van der Waals surface area contributed by atoms with Crippen LogP contribution in [-0.4, -0.2) is 36.8 Å². The molecule has 0 fully saturated rings. The Morgan fingerprint density at radius 3 is 2.75 bits per heavy atom. The zero-order valence-corrected chi connectivity index (χ0v) is 10.6. The Morgan fingerprint density at radius 2 is 2.25 bits per heavy atom. The van der Waals surface area contributed by atoms with E-state index < -0.39 is 15.3 Å². The van der Waals surface area contributed by atoms with Crippen molar-refractivity contribution in [1.29, 1.82) is 0 Å². The van der Waals surface area contributed by atoms with Crippen molar-refractivity contribution in [3.05, 3.63) is 18.2 Å². The first kappa shape index (κ1) is 13.1. The van der Waals surface area contributed by atoms with E-state index in [1.54, 1.807) is 30.9 Å². The standard InChI is InChI=1S/C9H18N4O2S/c1-8(6-10-2)16(14,15)12-7-9-11-4-5-13(9)3/h4-5,8,10,12H,6-7H2,1-3H3. The second kappa shape index (κ2) is 5.42. The molecule has 2 N–H and O–H groups in total. The van der Waals surface area contributed by atoms with E-state index in [0.717, 1.165) is 0 Å². The van der Waals surface area contributed by atoms with Crippen LogP contribution < -0.4 is 10.0 Å². The number of nitrogens with one attached hydrogen (secondary N) is 2. The summed E-state index contributed by atoms with van der Waals surface area (Å²) in [5.41, 5.74) is 0. The molecule has 1 aromatic rings. The van der Waals surface area contributed by atoms with Crippen LogP contribution in [0.4, 0.5) is 0 Å². The van der Waals surface area contributed by atoms with Gasteiger partial charge in [0.25, 0.3) is 0 Å². The van der Waals surface area contributed by atoms with Gasteiger partial charge in [-0.1, -0.05) is 0 Å². The number of hydrogen-bond acceptors (Lipinski definition) is 4. The van der Waals surface area contributed by atoms with E-state index in [1.165, 1.54) is 0 Å². The predicted octanol–water partition coefficient (Wildman–Crippen LogP) is -0.553. The summed E-state index contributed by atoms with van der Waals surface area (Å²) in [5, 5.41) is 2.38. The van der Waals surface area contributed by atoms with Crippen molar-refractivity contribution in [2.75, 3.05) is 13.6 Å². The molecule has 0 bridgehead atoms. The fourth-order valence-corrected chi connectivity index (χ4v) is 2.27. The van der Waals surface area contributed by atoms with Crippen LogP contribution in [0.5, 0.6) is 0 Å². The van der Waals surface area contributed by atoms with Gasteiger partial charge in [-0.3, -0.25) is 0 Å². The minimum Gasteiger partial charge on any atom is -0.337 e. The van der Waals surface area contributed by atoms with Crippen molar-refractivity contribution < 1.29 is 8.42 Å². The van der Waals surface area contributed by atoms with Crippen LogP contribution in [0.2, 0.25) is 0 Å². The fourth-order valence-electron chi connectivity index (χ4n) is 1.27. The predicted molar refractivity (Wildman–Crippen MR) is 62.4 cm³/mol. The molecule has 0 amide bonds. The van der Waals surface area contributed by atoms with Crippen LogP contribution in [0.3, 0.4) is 0 Å². The van der Waals surface area contributed by atoms with Crippen LogP contribution in [0, 0.1) is 0 Å². The lowest BCUT2D eigenvalue weighted by atomic mass is 10.5. The van der Waals surface area contributed by atoms with Crippen molar-refractivity contribution in [3.63, 3.8) is 0 Å². The van der Waals surface area contributed by atoms with Gasteiger partial charge < -0.3 is 9.88 Å². The molecular formula is C9H18N4O2S. The first-order chi connectivity index (χ1) is 7.47. The van der Waals surface area contributed by atoms with Gasteiger partial charge in [-0.2, -0.15) is 0 Å². The number of aromatic nitrogens is 2. The topological polar surface area (TPSA) is 76.0 Å². The molecule has 0 aliphatic carbocycles. The molecule has 7 heteroatoms. The third-order valence-electron chi connectivity index (χ3n) is 2.37. The minimum absolute atomic E-state index is 0.222. The summed E-state index contributed by atoms with van der Waals surface area (Å²) < 4.78 is 27.8. The van der Waals surface area contributed by atoms with Crippen molar-refractivity contribution in [1.82, 2.24) is 19.6 Å². The summed E-state index contributed by atoms with van der Waals surface area (Å²) in [4.78, 5) is 4.04. The maximum absolute atomic E-state index is 11.7. The van der Waals surface area contributed by atoms with Gasteiger partial charge in [0.2, 0.25) is 10.0 Å². The van der Waals surface area contributed by atoms with Gasteiger partial charge in [0.1, 0.15) is 5.82 Å². The molecule has 92 valence electrons. The van der Waals surface area contributed by atoms with E-state index in [4.69, 9.17) is 0 Å². The highest BCUT2D eigenvalue weighted by Crippen LogP contribution is 2.00. The lowest BCUT2D eigenvalue weighted by Gasteiger charge is -2.13. The molecule has 0 radical (unpaired) electrons. The van der Waals surface area contributed by atoms with Gasteiger partial charge >= 0.3 is 0 Å². The maximum atomic E-state index is 11.7. The number of aryl methyl sites for hydroxylation is 1. The minimum atomic E-state index is -3.28. The highest BCUT2D eigenvalue weighted by molar-refractivity contribution is 7.90. The molecule has 0 aliphatic heterocycles. The monoisotopic (exact) mass is 246 g/mol. The van der Waals surface area contributed by atoms with E-state index >= 15 is 0 Å². The van der Waals surface area contributed by atoms with Gasteiger partial charge in [0.15, 0.2) is 0 Å². The van der Waals surface area contributed by atoms with Crippen LogP contribution >= 0.6 is 0 Å². The maximum Gasteiger partial charge on any atom is 0.215 e. The molecule has 16 heavy (non-hydrogen) atoms. The Hall–Kier alpha value is -0.920. The zero-order chi connectivity index (χ0) is 12.2. The molecule has 0 aromatic carbocycles. The summed E-state index contributed by atoms with van der Waals surface area (Å²) in [5.74, 6) is 0.695. The summed E-state index contributed by atoms with van der Waals surface area (Å²) in [7, 11) is 0.273. The highest BCUT2D eigenvalue weighted by Gasteiger charge is 2.19. The van der Waals surface area contributed by atoms with Crippen molar-refractivity contribution in [3.8, 4) is 0 Å². The molecule has 1 heterocycles. The van der Waals surface area contributed by atoms with Crippen LogP contribution in [0.1, 0.15) is 12.7 Å². The first-order valence-corrected chi connectivity index (χ1v) is 6.61. The Bertz CT molecular complexity index is 426. The second-order valence-corrected chi connectivity index (χ2v) is 5.87. The van der Waals surface area contributed by atoms with Crippen molar-refractivity contribution in [2.45, 2.75) is 18.7 Å². The lowest BCUT2D eigenvalue weighted by Crippen LogP contribution is -2.38. The fraction of sp³-hybridized carbons (Fsp3) is 0.667. The van der Waals surface area contributed by atoms with Crippen LogP contribution in [0.25, 0.3) is 0 Å². The summed E-state index contributed by atoms with van der Waals surface area (Å²) >= 11 is 0. The van der Waals surface area contributed by atoms with Gasteiger partial charge in [0, 0.05) is 26.0 Å². The third kappa shape index (κ3) is 3.29. The van der Waals surface area contributed by atoms with Gasteiger partial charge in [0.05, 0.1) is 11.8 Å². The summed E-state index contributed by atoms with van der Waals surface area (Å²) in [6.45, 7) is 2.31. The molecule has 6 nitrogen and oxygen atoms in total. The number of hydrogen-bond donors (Lipinski definition) is 2. The van der Waals surface area contributed by atoms with Crippen LogP contribution in [-0.2, 0) is 23.6 Å². The number of imidazole rings is 1. The summed E-state index contributed by atoms with van der Waals surface area (Å²) in [6, 6.07) is 0. The third-order valence-corrected chi connectivity index (χ3v) is 4.15. The second-order valence-electron chi connectivity index (χ2n) is 3.69. The first-order valence-electron chi connectivity index (χ1n) is 5.06. The molecule has 0 aliphatic rings. The van der Waals surface area contributed by atoms with Crippen molar-refractivity contribution >= 4 is 10.0 Å². The van der Waals surface area contributed by atoms with E-state index in [9.17, 15) is 8.42 Å². The normalized spacial score (nSPS) is 13.9. The van der Waals surface area contributed by atoms with E-state index in [2.05, 4.69) is 15.0 Å². The molecule has 1 aromatic heterocycles. The Labute approximate surface area is 96.1 Å². The van der Waals surface area contributed by atoms with Gasteiger partial charge in [-0.25, -0.2) is 18.1 Å². The SMILES string of the molecule is CNCC(C)S(=O)(=O)NCc1nccn1C. The summed E-state index contributed by atoms with van der Waals surface area (Å²) in [6.07, 6.45) is 3.42. The molecule has 0 saturated heterocycles. The number of rotatable bonds is 6. The van der Waals surface area contributed by atoms with Gasteiger partial charge in [-0.15, -0.1) is 0 Å². The molecular weight excluding hydrogens is 228 g/mol. The molecule has 1 rings (SSSR count). The molecule has 1 atom stereocenters. The largest absolute Gasteiger partial charge is 0.337 e. The van der Waals surface area contributed by atoms with E-state index in [1.807, 2.05) is 7.05 Å². The highest BCUT2D eigenvalue weighted by atomic mass is 32.2. The Kier molecular flexibility index (Phi) is 4.45. The molecule has 1 unspecified atom stereocenters. The lowest BCUT2D eigenvalue weighted by molar-refractivity contribution is 0.560. The van der Waals surface area contributed by atoms with Gasteiger partial charge in [-0.05, 0) is 14.0 Å². The number of nitrogens with zero attached hydrogens (tertiary/aromatic N) is 2.